The zero-order chi connectivity index (χ0) is 9.14. The predicted molar refractivity (Wildman–Crippen MR) is 48.2 cm³/mol. The first kappa shape index (κ1) is 8.77. The van der Waals surface area contributed by atoms with Gasteiger partial charge in [0.05, 0.1) is 6.33 Å². The van der Waals surface area contributed by atoms with E-state index in [2.05, 4.69) is 10.3 Å². The largest absolute Gasteiger partial charge is 0.368 e. The zero-order valence-corrected chi connectivity index (χ0v) is 7.53. The molecule has 0 unspecified atom stereocenters. The van der Waals surface area contributed by atoms with Crippen molar-refractivity contribution >= 4 is 5.82 Å². The van der Waals surface area contributed by atoms with E-state index in [-0.39, 0.29) is 5.56 Å². The van der Waals surface area contributed by atoms with Gasteiger partial charge in [-0.1, -0.05) is 0 Å². The molecule has 66 valence electrons. The molecule has 0 aromatic carbocycles. The Kier molecular flexibility index (Phi) is 2.47. The molecule has 0 radical (unpaired) electrons. The molecule has 4 heteroatoms. The van der Waals surface area contributed by atoms with Gasteiger partial charge in [-0.25, -0.2) is 4.98 Å². The maximum atomic E-state index is 11.1. The van der Waals surface area contributed by atoms with E-state index in [1.807, 2.05) is 13.8 Å². The number of hydrogen-bond donors (Lipinski definition) is 1. The van der Waals surface area contributed by atoms with E-state index in [0.717, 1.165) is 0 Å². The van der Waals surface area contributed by atoms with Gasteiger partial charge < -0.3 is 9.88 Å². The van der Waals surface area contributed by atoms with Crippen LogP contribution in [0.4, 0.5) is 5.82 Å². The summed E-state index contributed by atoms with van der Waals surface area (Å²) in [5.74, 6) is 0.633. The average molecular weight is 167 g/mol. The van der Waals surface area contributed by atoms with Gasteiger partial charge in [0.1, 0.15) is 5.82 Å². The fourth-order valence-electron chi connectivity index (χ4n) is 0.836. The monoisotopic (exact) mass is 167 g/mol. The fraction of sp³-hybridized carbons (Fsp3) is 0.500. The van der Waals surface area contributed by atoms with Crippen molar-refractivity contribution < 1.29 is 0 Å². The molecule has 1 aromatic rings. The highest BCUT2D eigenvalue weighted by Crippen LogP contribution is 1.97. The second kappa shape index (κ2) is 3.38. The molecule has 0 spiro atoms. The van der Waals surface area contributed by atoms with E-state index >= 15 is 0 Å². The van der Waals surface area contributed by atoms with Crippen LogP contribution < -0.4 is 10.9 Å². The van der Waals surface area contributed by atoms with Gasteiger partial charge in [0.25, 0.3) is 5.56 Å². The van der Waals surface area contributed by atoms with Crippen molar-refractivity contribution in [1.82, 2.24) is 9.55 Å². The van der Waals surface area contributed by atoms with Gasteiger partial charge in [-0.2, -0.15) is 0 Å². The van der Waals surface area contributed by atoms with Gasteiger partial charge >= 0.3 is 0 Å². The number of nitrogens with zero attached hydrogens (tertiary/aromatic N) is 2. The van der Waals surface area contributed by atoms with E-state index < -0.39 is 0 Å². The molecule has 0 aliphatic carbocycles. The van der Waals surface area contributed by atoms with Gasteiger partial charge in [0, 0.05) is 19.2 Å². The Balaban J connectivity index is 2.90. The molecule has 0 bridgehead atoms. The van der Waals surface area contributed by atoms with Crippen LogP contribution in [0.5, 0.6) is 0 Å². The summed E-state index contributed by atoms with van der Waals surface area (Å²) in [4.78, 5) is 15.1. The molecule has 0 aliphatic heterocycles. The molecule has 1 N–H and O–H groups in total. The minimum absolute atomic E-state index is 0.0480. The summed E-state index contributed by atoms with van der Waals surface area (Å²) in [6, 6.07) is 1.78. The van der Waals surface area contributed by atoms with Gasteiger partial charge in [0.2, 0.25) is 0 Å². The summed E-state index contributed by atoms with van der Waals surface area (Å²) >= 11 is 0. The van der Waals surface area contributed by atoms with Crippen molar-refractivity contribution in [3.63, 3.8) is 0 Å². The van der Waals surface area contributed by atoms with Crippen LogP contribution in [0.15, 0.2) is 17.2 Å². The number of anilines is 1. The summed E-state index contributed by atoms with van der Waals surface area (Å²) in [5.41, 5.74) is -0.0480. The lowest BCUT2D eigenvalue weighted by molar-refractivity contribution is 0.813. The van der Waals surface area contributed by atoms with Crippen LogP contribution in [0.2, 0.25) is 0 Å². The molecule has 4 nitrogen and oxygen atoms in total. The Labute approximate surface area is 71.3 Å². The zero-order valence-electron chi connectivity index (χ0n) is 7.53. The average Bonchev–Trinajstić information content (AvgIpc) is 1.96. The normalized spacial score (nSPS) is 10.3. The molecule has 1 heterocycles. The van der Waals surface area contributed by atoms with Crippen LogP contribution in [0.1, 0.15) is 13.8 Å². The minimum atomic E-state index is -0.0480. The van der Waals surface area contributed by atoms with E-state index in [9.17, 15) is 4.79 Å². The highest BCUT2D eigenvalue weighted by molar-refractivity contribution is 5.32. The molecule has 0 fully saturated rings. The molecule has 0 atom stereocenters. The van der Waals surface area contributed by atoms with Crippen LogP contribution in [0, 0.1) is 0 Å². The summed E-state index contributed by atoms with van der Waals surface area (Å²) in [7, 11) is 1.68. The second-order valence-electron chi connectivity index (χ2n) is 3.02. The Morgan fingerprint density at radius 2 is 2.25 bits per heavy atom. The van der Waals surface area contributed by atoms with Crippen LogP contribution in [0.25, 0.3) is 0 Å². The number of rotatable bonds is 2. The van der Waals surface area contributed by atoms with Crippen molar-refractivity contribution in [1.29, 1.82) is 0 Å². The third-order valence-corrected chi connectivity index (χ3v) is 1.41. The van der Waals surface area contributed by atoms with Gasteiger partial charge in [0.15, 0.2) is 0 Å². The summed E-state index contributed by atoms with van der Waals surface area (Å²) in [6.45, 7) is 4.00. The van der Waals surface area contributed by atoms with E-state index in [1.165, 1.54) is 17.0 Å². The number of aromatic nitrogens is 2. The quantitative estimate of drug-likeness (QED) is 0.701. The lowest BCUT2D eigenvalue weighted by Gasteiger charge is -2.08. The predicted octanol–water partition coefficient (Wildman–Crippen LogP) is 0.601. The molecule has 1 aromatic heterocycles. The Bertz CT molecular complexity index is 316. The Hall–Kier alpha value is -1.32. The van der Waals surface area contributed by atoms with E-state index in [4.69, 9.17) is 0 Å². The second-order valence-corrected chi connectivity index (χ2v) is 3.02. The maximum absolute atomic E-state index is 11.1. The van der Waals surface area contributed by atoms with E-state index in [0.29, 0.717) is 11.9 Å². The molecular weight excluding hydrogens is 154 g/mol. The van der Waals surface area contributed by atoms with E-state index in [1.54, 1.807) is 7.05 Å². The summed E-state index contributed by atoms with van der Waals surface area (Å²) in [5, 5.41) is 3.05. The van der Waals surface area contributed by atoms with Crippen molar-refractivity contribution in [3.8, 4) is 0 Å². The van der Waals surface area contributed by atoms with Crippen molar-refractivity contribution in [3.05, 3.63) is 22.7 Å². The topological polar surface area (TPSA) is 46.9 Å². The highest BCUT2D eigenvalue weighted by Gasteiger charge is 1.97. The number of hydrogen-bond acceptors (Lipinski definition) is 3. The molecule has 0 saturated heterocycles. The third kappa shape index (κ3) is 2.08. The molecule has 0 amide bonds. The first-order valence-corrected chi connectivity index (χ1v) is 3.89. The SMILES string of the molecule is CC(C)Nc1cc(=O)n(C)cn1. The standard InChI is InChI=1S/C8H13N3O/c1-6(2)10-7-4-8(12)11(3)5-9-7/h4-6,10H,1-3H3. The van der Waals surface area contributed by atoms with Crippen LogP contribution in [-0.2, 0) is 7.05 Å². The number of aryl methyl sites for hydroxylation is 1. The lowest BCUT2D eigenvalue weighted by atomic mass is 10.4. The Morgan fingerprint density at radius 1 is 1.58 bits per heavy atom. The summed E-state index contributed by atoms with van der Waals surface area (Å²) < 4.78 is 1.44. The minimum Gasteiger partial charge on any atom is -0.368 e. The van der Waals surface area contributed by atoms with Crippen molar-refractivity contribution in [2.75, 3.05) is 5.32 Å². The molecule has 0 saturated carbocycles. The first-order valence-electron chi connectivity index (χ1n) is 3.89. The van der Waals surface area contributed by atoms with Crippen LogP contribution >= 0.6 is 0 Å². The number of nitrogens with one attached hydrogen (secondary N) is 1. The van der Waals surface area contributed by atoms with Gasteiger partial charge in [-0.15, -0.1) is 0 Å². The molecule has 12 heavy (non-hydrogen) atoms. The van der Waals surface area contributed by atoms with Crippen LogP contribution in [0.3, 0.4) is 0 Å². The van der Waals surface area contributed by atoms with Gasteiger partial charge in [-0.3, -0.25) is 4.79 Å². The fourth-order valence-corrected chi connectivity index (χ4v) is 0.836. The highest BCUT2D eigenvalue weighted by atomic mass is 16.1. The summed E-state index contributed by atoms with van der Waals surface area (Å²) in [6.07, 6.45) is 1.51. The molecular formula is C8H13N3O. The van der Waals surface area contributed by atoms with Crippen molar-refractivity contribution in [2.45, 2.75) is 19.9 Å². The smallest absolute Gasteiger partial charge is 0.255 e. The molecule has 1 rings (SSSR count). The Morgan fingerprint density at radius 3 is 2.75 bits per heavy atom. The van der Waals surface area contributed by atoms with Gasteiger partial charge in [-0.05, 0) is 13.8 Å². The van der Waals surface area contributed by atoms with Crippen LogP contribution in [-0.4, -0.2) is 15.6 Å². The first-order chi connectivity index (χ1) is 5.59. The van der Waals surface area contributed by atoms with Crippen molar-refractivity contribution in [2.24, 2.45) is 7.05 Å². The molecule has 0 aliphatic rings. The lowest BCUT2D eigenvalue weighted by Crippen LogP contribution is -2.19. The maximum Gasteiger partial charge on any atom is 0.255 e. The third-order valence-electron chi connectivity index (χ3n) is 1.41.